The van der Waals surface area contributed by atoms with Crippen LogP contribution in [-0.4, -0.2) is 4.92 Å². The predicted octanol–water partition coefficient (Wildman–Crippen LogP) is 5.75. The van der Waals surface area contributed by atoms with Crippen LogP contribution >= 0.6 is 22.9 Å². The summed E-state index contributed by atoms with van der Waals surface area (Å²) in [5.41, 5.74) is 3.30. The minimum atomic E-state index is -0.281. The Morgan fingerprint density at radius 1 is 1.14 bits per heavy atom. The van der Waals surface area contributed by atoms with E-state index in [0.29, 0.717) is 11.5 Å². The van der Waals surface area contributed by atoms with Crippen molar-refractivity contribution in [2.45, 2.75) is 25.2 Å². The fraction of sp³-hybridized carbons (Fsp3) is 0.167. The van der Waals surface area contributed by atoms with Crippen molar-refractivity contribution < 1.29 is 4.92 Å². The number of nitro benzene ring substituents is 1. The fourth-order valence-electron chi connectivity index (χ4n) is 4.27. The number of nitro groups is 1. The lowest BCUT2D eigenvalue weighted by Gasteiger charge is -2.17. The quantitative estimate of drug-likeness (QED) is 0.400. The van der Waals surface area contributed by atoms with E-state index >= 15 is 0 Å². The minimum Gasteiger partial charge on any atom is -0.258 e. The molecule has 0 aliphatic heterocycles. The normalized spacial score (nSPS) is 18.3. The Labute approximate surface area is 177 Å². The minimum absolute atomic E-state index is 0.0320. The van der Waals surface area contributed by atoms with Gasteiger partial charge in [0.25, 0.3) is 5.69 Å². The van der Waals surface area contributed by atoms with Crippen LogP contribution in [0.1, 0.15) is 36.3 Å². The predicted molar refractivity (Wildman–Crippen MR) is 121 cm³/mol. The Bertz CT molecular complexity index is 1330. The summed E-state index contributed by atoms with van der Waals surface area (Å²) >= 11 is 7.87. The summed E-state index contributed by atoms with van der Waals surface area (Å²) in [5.74, 6) is -0.0320. The second-order valence-electron chi connectivity index (χ2n) is 7.38. The molecule has 2 aromatic carbocycles. The van der Waals surface area contributed by atoms with Gasteiger partial charge in [-0.15, -0.1) is 11.3 Å². The average Bonchev–Trinajstić information content (AvgIpc) is 3.12. The number of rotatable bonds is 3. The van der Waals surface area contributed by atoms with Crippen LogP contribution in [0.5, 0.6) is 0 Å². The van der Waals surface area contributed by atoms with Gasteiger partial charge in [0.05, 0.1) is 4.92 Å². The van der Waals surface area contributed by atoms with Crippen LogP contribution in [0.2, 0.25) is 0 Å². The molecule has 5 rings (SSSR count). The van der Waals surface area contributed by atoms with Crippen molar-refractivity contribution in [1.29, 1.82) is 0 Å². The molecule has 0 saturated carbocycles. The van der Waals surface area contributed by atoms with Gasteiger partial charge in [0, 0.05) is 31.8 Å². The summed E-state index contributed by atoms with van der Waals surface area (Å²) in [7, 11) is 0. The number of thiophene rings is 1. The summed E-state index contributed by atoms with van der Waals surface area (Å²) in [5, 5.41) is 14.9. The van der Waals surface area contributed by atoms with E-state index in [2.05, 4.69) is 30.3 Å². The molecule has 0 bridgehead atoms. The molecule has 1 heterocycles. The lowest BCUT2D eigenvalue weighted by molar-refractivity contribution is -0.385. The molecule has 0 saturated heterocycles. The number of nitrogens with zero attached hydrogens (tertiary/aromatic N) is 1. The molecule has 29 heavy (non-hydrogen) atoms. The number of hydrogen-bond acceptors (Lipinski definition) is 3. The molecule has 2 aliphatic rings. The van der Waals surface area contributed by atoms with Gasteiger partial charge < -0.3 is 0 Å². The van der Waals surface area contributed by atoms with Crippen molar-refractivity contribution in [3.05, 3.63) is 96.7 Å². The van der Waals surface area contributed by atoms with Crippen LogP contribution in [0.3, 0.4) is 0 Å². The first-order valence-electron chi connectivity index (χ1n) is 9.65. The first-order valence-corrected chi connectivity index (χ1v) is 10.8. The molecule has 1 aromatic heterocycles. The molecule has 5 heteroatoms. The molecule has 2 aliphatic carbocycles. The van der Waals surface area contributed by atoms with Crippen molar-refractivity contribution in [2.24, 2.45) is 0 Å². The molecule has 0 fully saturated rings. The van der Waals surface area contributed by atoms with E-state index in [-0.39, 0.29) is 16.5 Å². The van der Waals surface area contributed by atoms with Gasteiger partial charge in [0.15, 0.2) is 0 Å². The zero-order valence-corrected chi connectivity index (χ0v) is 17.2. The first kappa shape index (κ1) is 18.3. The molecular weight excluding hydrogens is 402 g/mol. The number of fused-ring (bicyclic) bond motifs is 3. The zero-order valence-electron chi connectivity index (χ0n) is 15.6. The second-order valence-corrected chi connectivity index (χ2v) is 8.87. The maximum Gasteiger partial charge on any atom is 0.273 e. The molecule has 0 N–H and O–H groups in total. The van der Waals surface area contributed by atoms with Crippen LogP contribution < -0.4 is 9.75 Å². The summed E-state index contributed by atoms with van der Waals surface area (Å²) in [4.78, 5) is 11.4. The third-order valence-electron chi connectivity index (χ3n) is 5.68. The molecule has 3 nitrogen and oxygen atoms in total. The van der Waals surface area contributed by atoms with Gasteiger partial charge in [-0.3, -0.25) is 10.1 Å². The van der Waals surface area contributed by atoms with Crippen molar-refractivity contribution in [3.63, 3.8) is 0 Å². The molecular formula is C24H18ClNO2S. The fourth-order valence-corrected chi connectivity index (χ4v) is 5.74. The molecule has 1 unspecified atom stereocenters. The molecule has 144 valence electrons. The van der Waals surface area contributed by atoms with E-state index in [1.165, 1.54) is 25.4 Å². The van der Waals surface area contributed by atoms with Gasteiger partial charge in [0.1, 0.15) is 0 Å². The summed E-state index contributed by atoms with van der Waals surface area (Å²) in [6.07, 6.45) is 10.7. The van der Waals surface area contributed by atoms with Crippen molar-refractivity contribution >= 4 is 50.4 Å². The summed E-state index contributed by atoms with van der Waals surface area (Å²) < 4.78 is 2.57. The van der Waals surface area contributed by atoms with Gasteiger partial charge in [-0.05, 0) is 65.3 Å². The SMILES string of the molecule is O=[N+]([O-])c1ccc(C2=c3sc4ccccc4c3=CCC2)cc1C1C=CC(Cl)=CC1. The third-order valence-corrected chi connectivity index (χ3v) is 7.20. The zero-order chi connectivity index (χ0) is 20.0. The largest absolute Gasteiger partial charge is 0.273 e. The van der Waals surface area contributed by atoms with E-state index in [9.17, 15) is 10.1 Å². The van der Waals surface area contributed by atoms with Crippen molar-refractivity contribution in [1.82, 2.24) is 0 Å². The van der Waals surface area contributed by atoms with Crippen LogP contribution in [0.15, 0.2) is 65.7 Å². The average molecular weight is 420 g/mol. The monoisotopic (exact) mass is 419 g/mol. The number of halogens is 1. The highest BCUT2D eigenvalue weighted by Gasteiger charge is 2.23. The van der Waals surface area contributed by atoms with Gasteiger partial charge in [-0.1, -0.05) is 48.0 Å². The smallest absolute Gasteiger partial charge is 0.258 e. The van der Waals surface area contributed by atoms with Crippen molar-refractivity contribution in [2.75, 3.05) is 0 Å². The number of benzene rings is 2. The topological polar surface area (TPSA) is 43.1 Å². The number of hydrogen-bond donors (Lipinski definition) is 0. The van der Waals surface area contributed by atoms with Crippen LogP contribution in [0.25, 0.3) is 21.7 Å². The standard InChI is InChI=1S/C24H18ClNO2S/c25-17-11-8-15(9-12-17)21-14-16(10-13-22(21)26(27)28)18-5-3-6-20-19-4-1-2-7-23(19)29-24(18)20/h1-2,4,6-8,10-15H,3,5,9H2. The van der Waals surface area contributed by atoms with E-state index in [4.69, 9.17) is 11.6 Å². The van der Waals surface area contributed by atoms with E-state index in [1.54, 1.807) is 6.07 Å². The first-order chi connectivity index (χ1) is 14.1. The van der Waals surface area contributed by atoms with Crippen LogP contribution in [0, 0.1) is 10.1 Å². The Kier molecular flexibility index (Phi) is 4.61. The Balaban J connectivity index is 1.71. The highest BCUT2D eigenvalue weighted by molar-refractivity contribution is 7.17. The van der Waals surface area contributed by atoms with Gasteiger partial charge >= 0.3 is 0 Å². The van der Waals surface area contributed by atoms with Gasteiger partial charge in [0.2, 0.25) is 0 Å². The van der Waals surface area contributed by atoms with Gasteiger partial charge in [-0.2, -0.15) is 0 Å². The maximum atomic E-state index is 11.7. The lowest BCUT2D eigenvalue weighted by atomic mass is 9.87. The van der Waals surface area contributed by atoms with Crippen molar-refractivity contribution in [3.8, 4) is 0 Å². The molecule has 3 aromatic rings. The molecule has 1 atom stereocenters. The summed E-state index contributed by atoms with van der Waals surface area (Å²) in [6, 6.07) is 14.1. The highest BCUT2D eigenvalue weighted by Crippen LogP contribution is 2.36. The Morgan fingerprint density at radius 2 is 2.00 bits per heavy atom. The summed E-state index contributed by atoms with van der Waals surface area (Å²) in [6.45, 7) is 0. The lowest BCUT2D eigenvalue weighted by Crippen LogP contribution is -2.25. The van der Waals surface area contributed by atoms with E-state index in [1.807, 2.05) is 41.7 Å². The Hall–Kier alpha value is -2.69. The van der Waals surface area contributed by atoms with E-state index < -0.39 is 0 Å². The third kappa shape index (κ3) is 3.22. The Morgan fingerprint density at radius 3 is 2.79 bits per heavy atom. The molecule has 0 spiro atoms. The molecule has 0 amide bonds. The van der Waals surface area contributed by atoms with Gasteiger partial charge in [-0.25, -0.2) is 0 Å². The maximum absolute atomic E-state index is 11.7. The molecule has 0 radical (unpaired) electrons. The highest BCUT2D eigenvalue weighted by atomic mass is 35.5. The van der Waals surface area contributed by atoms with E-state index in [0.717, 1.165) is 24.0 Å². The second kappa shape index (κ2) is 7.29. The number of allylic oxidation sites excluding steroid dienone is 4. The van der Waals surface area contributed by atoms with Crippen LogP contribution in [0.4, 0.5) is 5.69 Å². The van der Waals surface area contributed by atoms with Crippen LogP contribution in [-0.2, 0) is 0 Å².